The highest BCUT2D eigenvalue weighted by Gasteiger charge is 2.32. The molecule has 1 aromatic carbocycles. The summed E-state index contributed by atoms with van der Waals surface area (Å²) in [5.74, 6) is 1.35. The summed E-state index contributed by atoms with van der Waals surface area (Å²) in [4.78, 5) is 34.1. The van der Waals surface area contributed by atoms with Crippen LogP contribution < -0.4 is 10.6 Å². The van der Waals surface area contributed by atoms with Crippen LogP contribution in [0.25, 0.3) is 11.0 Å². The van der Waals surface area contributed by atoms with Gasteiger partial charge in [-0.3, -0.25) is 14.5 Å². The smallest absolute Gasteiger partial charge is 0.237 e. The van der Waals surface area contributed by atoms with Crippen molar-refractivity contribution in [3.8, 4) is 0 Å². The highest BCUT2D eigenvalue weighted by Crippen LogP contribution is 2.16. The largest absolute Gasteiger partial charge is 0.465 e. The van der Waals surface area contributed by atoms with Gasteiger partial charge in [-0.05, 0) is 36.8 Å². The SMILES string of the molecule is Cc1ccc(CN2CCNC(=O)[C@H]2CC(=O)NCc2ccc3nc[nH]c3c2)o1. The van der Waals surface area contributed by atoms with Gasteiger partial charge in [0.2, 0.25) is 11.8 Å². The van der Waals surface area contributed by atoms with E-state index >= 15 is 0 Å². The summed E-state index contributed by atoms with van der Waals surface area (Å²) in [6, 6.07) is 9.11. The van der Waals surface area contributed by atoms with E-state index in [1.54, 1.807) is 6.33 Å². The number of fused-ring (bicyclic) bond motifs is 1. The van der Waals surface area contributed by atoms with Crippen molar-refractivity contribution < 1.29 is 14.0 Å². The van der Waals surface area contributed by atoms with Gasteiger partial charge in [-0.15, -0.1) is 0 Å². The average Bonchev–Trinajstić information content (AvgIpc) is 3.31. The Bertz CT molecular complexity index is 993. The van der Waals surface area contributed by atoms with Crippen molar-refractivity contribution in [3.63, 3.8) is 0 Å². The molecule has 8 heteroatoms. The van der Waals surface area contributed by atoms with E-state index in [1.807, 2.05) is 42.2 Å². The van der Waals surface area contributed by atoms with Crippen LogP contribution in [-0.4, -0.2) is 45.8 Å². The van der Waals surface area contributed by atoms with Crippen molar-refractivity contribution in [3.05, 3.63) is 53.7 Å². The fourth-order valence-corrected chi connectivity index (χ4v) is 3.48. The number of piperazine rings is 1. The van der Waals surface area contributed by atoms with E-state index in [1.165, 1.54) is 0 Å². The predicted octanol–water partition coefficient (Wildman–Crippen LogP) is 1.47. The average molecular weight is 381 g/mol. The number of benzene rings is 1. The van der Waals surface area contributed by atoms with E-state index in [2.05, 4.69) is 20.6 Å². The summed E-state index contributed by atoms with van der Waals surface area (Å²) in [6.45, 7) is 4.05. The molecule has 28 heavy (non-hydrogen) atoms. The maximum Gasteiger partial charge on any atom is 0.237 e. The van der Waals surface area contributed by atoms with Gasteiger partial charge in [0.1, 0.15) is 11.5 Å². The first kappa shape index (κ1) is 18.2. The van der Waals surface area contributed by atoms with Crippen LogP contribution in [0.5, 0.6) is 0 Å². The molecule has 1 saturated heterocycles. The molecule has 1 aliphatic rings. The molecule has 3 aromatic rings. The van der Waals surface area contributed by atoms with Gasteiger partial charge < -0.3 is 20.0 Å². The molecule has 8 nitrogen and oxygen atoms in total. The molecule has 3 heterocycles. The number of rotatable bonds is 6. The van der Waals surface area contributed by atoms with Crippen LogP contribution in [0.15, 0.2) is 41.1 Å². The Kier molecular flexibility index (Phi) is 5.12. The third-order valence-electron chi connectivity index (χ3n) is 4.95. The Morgan fingerprint density at radius 3 is 3.07 bits per heavy atom. The molecule has 1 atom stereocenters. The summed E-state index contributed by atoms with van der Waals surface area (Å²) in [5, 5.41) is 5.76. The Morgan fingerprint density at radius 1 is 1.36 bits per heavy atom. The van der Waals surface area contributed by atoms with Gasteiger partial charge in [0.05, 0.1) is 36.4 Å². The summed E-state index contributed by atoms with van der Waals surface area (Å²) in [7, 11) is 0. The Hall–Kier alpha value is -3.13. The van der Waals surface area contributed by atoms with Crippen molar-refractivity contribution in [2.75, 3.05) is 13.1 Å². The molecular weight excluding hydrogens is 358 g/mol. The minimum absolute atomic E-state index is 0.109. The first-order chi connectivity index (χ1) is 13.6. The minimum atomic E-state index is -0.505. The van der Waals surface area contributed by atoms with Crippen molar-refractivity contribution in [1.29, 1.82) is 0 Å². The number of hydrogen-bond donors (Lipinski definition) is 3. The Labute approximate surface area is 162 Å². The molecule has 146 valence electrons. The number of furan rings is 1. The molecule has 1 fully saturated rings. The second-order valence-electron chi connectivity index (χ2n) is 7.02. The van der Waals surface area contributed by atoms with Crippen molar-refractivity contribution in [2.24, 2.45) is 0 Å². The zero-order valence-corrected chi connectivity index (χ0v) is 15.7. The van der Waals surface area contributed by atoms with E-state index in [4.69, 9.17) is 4.42 Å². The molecular formula is C20H23N5O3. The number of amides is 2. The van der Waals surface area contributed by atoms with E-state index < -0.39 is 6.04 Å². The molecule has 0 unspecified atom stereocenters. The first-order valence-electron chi connectivity index (χ1n) is 9.34. The maximum absolute atomic E-state index is 12.5. The lowest BCUT2D eigenvalue weighted by molar-refractivity contribution is -0.134. The molecule has 3 N–H and O–H groups in total. The molecule has 0 radical (unpaired) electrons. The highest BCUT2D eigenvalue weighted by atomic mass is 16.3. The van der Waals surface area contributed by atoms with Gasteiger partial charge in [-0.25, -0.2) is 4.98 Å². The van der Waals surface area contributed by atoms with Gasteiger partial charge >= 0.3 is 0 Å². The zero-order valence-electron chi connectivity index (χ0n) is 15.7. The number of carbonyl (C=O) groups excluding carboxylic acids is 2. The van der Waals surface area contributed by atoms with Gasteiger partial charge in [0.25, 0.3) is 0 Å². The number of aromatic amines is 1. The molecule has 2 amide bonds. The number of imidazole rings is 1. The lowest BCUT2D eigenvalue weighted by atomic mass is 10.1. The number of aryl methyl sites for hydroxylation is 1. The second kappa shape index (κ2) is 7.85. The molecule has 0 bridgehead atoms. The van der Waals surface area contributed by atoms with Crippen LogP contribution in [0.2, 0.25) is 0 Å². The number of aromatic nitrogens is 2. The van der Waals surface area contributed by atoms with E-state index in [0.29, 0.717) is 26.2 Å². The van der Waals surface area contributed by atoms with Crippen LogP contribution in [0.3, 0.4) is 0 Å². The minimum Gasteiger partial charge on any atom is -0.465 e. The Balaban J connectivity index is 1.36. The van der Waals surface area contributed by atoms with Crippen LogP contribution in [0.1, 0.15) is 23.5 Å². The number of H-pyrrole nitrogens is 1. The summed E-state index contributed by atoms with van der Waals surface area (Å²) in [5.41, 5.74) is 2.79. The van der Waals surface area contributed by atoms with E-state index in [9.17, 15) is 9.59 Å². The summed E-state index contributed by atoms with van der Waals surface area (Å²) < 4.78 is 5.63. The Morgan fingerprint density at radius 2 is 2.25 bits per heavy atom. The van der Waals surface area contributed by atoms with Crippen LogP contribution in [-0.2, 0) is 22.7 Å². The zero-order chi connectivity index (χ0) is 19.5. The topological polar surface area (TPSA) is 103 Å². The van der Waals surface area contributed by atoms with Crippen LogP contribution >= 0.6 is 0 Å². The number of carbonyl (C=O) groups is 2. The van der Waals surface area contributed by atoms with Crippen molar-refractivity contribution in [1.82, 2.24) is 25.5 Å². The standard InChI is InChI=1S/C20H23N5O3/c1-13-2-4-15(28-13)11-25-7-6-21-20(27)18(25)9-19(26)22-10-14-3-5-16-17(8-14)24-12-23-16/h2-5,8,12,18H,6-7,9-11H2,1H3,(H,21,27)(H,22,26)(H,23,24)/t18-/m1/s1. The number of nitrogens with zero attached hydrogens (tertiary/aromatic N) is 2. The van der Waals surface area contributed by atoms with Gasteiger partial charge in [0.15, 0.2) is 0 Å². The fourth-order valence-electron chi connectivity index (χ4n) is 3.48. The first-order valence-corrected chi connectivity index (χ1v) is 9.34. The van der Waals surface area contributed by atoms with Crippen molar-refractivity contribution in [2.45, 2.75) is 32.5 Å². The van der Waals surface area contributed by atoms with Crippen molar-refractivity contribution >= 4 is 22.8 Å². The maximum atomic E-state index is 12.5. The number of nitrogens with one attached hydrogen (secondary N) is 3. The van der Waals surface area contributed by atoms with Gasteiger partial charge in [0, 0.05) is 19.6 Å². The molecule has 0 saturated carbocycles. The van der Waals surface area contributed by atoms with Gasteiger partial charge in [-0.2, -0.15) is 0 Å². The summed E-state index contributed by atoms with van der Waals surface area (Å²) >= 11 is 0. The predicted molar refractivity (Wildman–Crippen MR) is 103 cm³/mol. The number of hydrogen-bond acceptors (Lipinski definition) is 5. The normalized spacial score (nSPS) is 17.6. The molecule has 2 aromatic heterocycles. The second-order valence-corrected chi connectivity index (χ2v) is 7.02. The molecule has 4 rings (SSSR count). The monoisotopic (exact) mass is 381 g/mol. The quantitative estimate of drug-likeness (QED) is 0.600. The lowest BCUT2D eigenvalue weighted by Gasteiger charge is -2.34. The third kappa shape index (κ3) is 4.07. The molecule has 0 aliphatic carbocycles. The fraction of sp³-hybridized carbons (Fsp3) is 0.350. The molecule has 1 aliphatic heterocycles. The van der Waals surface area contributed by atoms with E-state index in [-0.39, 0.29) is 18.2 Å². The lowest BCUT2D eigenvalue weighted by Crippen LogP contribution is -2.56. The van der Waals surface area contributed by atoms with Gasteiger partial charge in [-0.1, -0.05) is 6.07 Å². The third-order valence-corrected chi connectivity index (χ3v) is 4.95. The molecule has 0 spiro atoms. The van der Waals surface area contributed by atoms with Crippen LogP contribution in [0.4, 0.5) is 0 Å². The van der Waals surface area contributed by atoms with E-state index in [0.717, 1.165) is 28.1 Å². The van der Waals surface area contributed by atoms with Crippen LogP contribution in [0, 0.1) is 6.92 Å². The highest BCUT2D eigenvalue weighted by molar-refractivity contribution is 5.88. The summed E-state index contributed by atoms with van der Waals surface area (Å²) in [6.07, 6.45) is 1.75.